The van der Waals surface area contributed by atoms with Gasteiger partial charge in [0, 0.05) is 5.41 Å². The molecule has 5 aromatic carbocycles. The van der Waals surface area contributed by atoms with Crippen LogP contribution in [0.25, 0.3) is 43.4 Å². The van der Waals surface area contributed by atoms with E-state index in [1.807, 2.05) is 13.8 Å². The van der Waals surface area contributed by atoms with Gasteiger partial charge in [0.15, 0.2) is 0 Å². The van der Waals surface area contributed by atoms with Crippen molar-refractivity contribution >= 4 is 32.3 Å². The predicted octanol–water partition coefficient (Wildman–Crippen LogP) is 8.48. The van der Waals surface area contributed by atoms with Gasteiger partial charge < -0.3 is 0 Å². The van der Waals surface area contributed by atoms with Gasteiger partial charge in [0.05, 0.1) is 0 Å². The lowest BCUT2D eigenvalue weighted by atomic mass is 9.67. The molecule has 0 atom stereocenters. The lowest BCUT2D eigenvalue weighted by molar-refractivity contribution is 0.647. The number of hydrogen-bond donors (Lipinski definition) is 0. The lowest BCUT2D eigenvalue weighted by Crippen LogP contribution is -2.23. The van der Waals surface area contributed by atoms with Crippen molar-refractivity contribution < 1.29 is 0 Å². The first-order valence-electron chi connectivity index (χ1n) is 10.6. The Bertz CT molecular complexity index is 1390. The monoisotopic (exact) mass is 374 g/mol. The Morgan fingerprint density at radius 1 is 0.517 bits per heavy atom. The quantitative estimate of drug-likeness (QED) is 0.238. The zero-order valence-corrected chi connectivity index (χ0v) is 17.6. The van der Waals surface area contributed by atoms with E-state index >= 15 is 0 Å². The van der Waals surface area contributed by atoms with Crippen molar-refractivity contribution in [2.45, 2.75) is 33.1 Å². The van der Waals surface area contributed by atoms with Crippen molar-refractivity contribution in [1.29, 1.82) is 0 Å². The zero-order valence-electron chi connectivity index (χ0n) is 17.6. The molecule has 0 aliphatic heterocycles. The van der Waals surface area contributed by atoms with Crippen molar-refractivity contribution in [3.8, 4) is 11.1 Å². The van der Waals surface area contributed by atoms with E-state index < -0.39 is 0 Å². The van der Waals surface area contributed by atoms with Gasteiger partial charge in [-0.3, -0.25) is 0 Å². The van der Waals surface area contributed by atoms with E-state index in [4.69, 9.17) is 0 Å². The van der Waals surface area contributed by atoms with Gasteiger partial charge in [0.2, 0.25) is 0 Å². The first-order chi connectivity index (χ1) is 14.1. The van der Waals surface area contributed by atoms with Gasteiger partial charge in [-0.25, -0.2) is 0 Å². The molecule has 0 unspecified atom stereocenters. The molecule has 5 aromatic rings. The van der Waals surface area contributed by atoms with Crippen molar-refractivity contribution in [3.63, 3.8) is 0 Å². The molecule has 1 aliphatic rings. The Balaban J connectivity index is 0.000000882. The largest absolute Gasteiger partial charge is 0.0683 e. The van der Waals surface area contributed by atoms with Crippen LogP contribution in [0.1, 0.15) is 38.8 Å². The van der Waals surface area contributed by atoms with E-state index in [1.165, 1.54) is 54.6 Å². The van der Waals surface area contributed by atoms with Crippen LogP contribution in [0.5, 0.6) is 0 Å². The third-order valence-corrected chi connectivity index (χ3v) is 6.41. The molecular weight excluding hydrogens is 348 g/mol. The van der Waals surface area contributed by atoms with Crippen LogP contribution in [0.4, 0.5) is 0 Å². The summed E-state index contributed by atoms with van der Waals surface area (Å²) >= 11 is 0. The van der Waals surface area contributed by atoms with Gasteiger partial charge in [-0.1, -0.05) is 94.4 Å². The third kappa shape index (κ3) is 2.45. The Morgan fingerprint density at radius 3 is 1.86 bits per heavy atom. The van der Waals surface area contributed by atoms with Crippen LogP contribution in [0.2, 0.25) is 0 Å². The van der Waals surface area contributed by atoms with Crippen LogP contribution >= 0.6 is 0 Å². The maximum atomic E-state index is 2.42. The molecule has 0 saturated heterocycles. The summed E-state index contributed by atoms with van der Waals surface area (Å²) in [4.78, 5) is 0. The van der Waals surface area contributed by atoms with Crippen LogP contribution in [0.3, 0.4) is 0 Å². The minimum absolute atomic E-state index is 0.0317. The normalized spacial score (nSPS) is 13.8. The molecule has 142 valence electrons. The summed E-state index contributed by atoms with van der Waals surface area (Å²) in [6.45, 7) is 8.75. The molecule has 1 aliphatic carbocycles. The second kappa shape index (κ2) is 6.46. The van der Waals surface area contributed by atoms with E-state index in [-0.39, 0.29) is 5.41 Å². The van der Waals surface area contributed by atoms with E-state index in [0.717, 1.165) is 0 Å². The fraction of sp³-hybridized carbons (Fsp3) is 0.172. The van der Waals surface area contributed by atoms with Gasteiger partial charge in [-0.05, 0) is 72.8 Å². The van der Waals surface area contributed by atoms with E-state index in [1.54, 1.807) is 0 Å². The van der Waals surface area contributed by atoms with Gasteiger partial charge in [-0.2, -0.15) is 0 Å². The highest BCUT2D eigenvalue weighted by Gasteiger charge is 2.34. The number of rotatable bonds is 0. The maximum Gasteiger partial charge on any atom is 0.0159 e. The van der Waals surface area contributed by atoms with E-state index in [9.17, 15) is 0 Å². The Morgan fingerprint density at radius 2 is 1.10 bits per heavy atom. The Labute approximate surface area is 172 Å². The summed E-state index contributed by atoms with van der Waals surface area (Å²) in [5.74, 6) is 0. The smallest absolute Gasteiger partial charge is 0.0159 e. The van der Waals surface area contributed by atoms with Crippen molar-refractivity contribution in [3.05, 3.63) is 96.1 Å². The highest BCUT2D eigenvalue weighted by molar-refractivity contribution is 6.16. The van der Waals surface area contributed by atoms with Crippen molar-refractivity contribution in [1.82, 2.24) is 0 Å². The molecule has 0 saturated carbocycles. The van der Waals surface area contributed by atoms with E-state index in [2.05, 4.69) is 98.8 Å². The molecule has 0 N–H and O–H groups in total. The van der Waals surface area contributed by atoms with Crippen LogP contribution in [0, 0.1) is 0 Å². The third-order valence-electron chi connectivity index (χ3n) is 6.41. The van der Waals surface area contributed by atoms with Gasteiger partial charge in [0.25, 0.3) is 0 Å². The number of benzene rings is 5. The first kappa shape index (κ1) is 17.9. The Hall–Kier alpha value is -3.12. The van der Waals surface area contributed by atoms with Gasteiger partial charge >= 0.3 is 0 Å². The average molecular weight is 375 g/mol. The van der Waals surface area contributed by atoms with Crippen molar-refractivity contribution in [2.75, 3.05) is 0 Å². The molecule has 0 bridgehead atoms. The van der Waals surface area contributed by atoms with Crippen LogP contribution in [-0.2, 0) is 5.41 Å². The summed E-state index contributed by atoms with van der Waals surface area (Å²) < 4.78 is 0. The van der Waals surface area contributed by atoms with E-state index in [0.29, 0.717) is 0 Å². The molecule has 0 nitrogen and oxygen atoms in total. The summed E-state index contributed by atoms with van der Waals surface area (Å²) in [5, 5.41) is 8.10. The minimum Gasteiger partial charge on any atom is -0.0683 e. The van der Waals surface area contributed by atoms with Gasteiger partial charge in [-0.15, -0.1) is 0 Å². The SMILES string of the molecule is CC.CC1(C)c2cc3ccccc3cc2-c2cccc3c2c1cc1ccccc13. The number of fused-ring (bicyclic) bond motifs is 5. The molecular formula is C29H26. The van der Waals surface area contributed by atoms with Crippen LogP contribution in [-0.4, -0.2) is 0 Å². The molecule has 0 aromatic heterocycles. The highest BCUT2D eigenvalue weighted by atomic mass is 14.4. The molecule has 0 radical (unpaired) electrons. The summed E-state index contributed by atoms with van der Waals surface area (Å²) in [7, 11) is 0. The van der Waals surface area contributed by atoms with Crippen molar-refractivity contribution in [2.24, 2.45) is 0 Å². The standard InChI is InChI=1S/C27H20.C2H6/c1-27(2)24-15-18-9-4-3-8-17(18)14-23(24)22-13-7-12-21-20-11-6-5-10-19(20)16-25(27)26(21)22;1-2/h3-16H,1-2H3;1-2H3. The predicted molar refractivity (Wildman–Crippen MR) is 128 cm³/mol. The van der Waals surface area contributed by atoms with Crippen LogP contribution < -0.4 is 0 Å². The molecule has 0 fully saturated rings. The molecule has 6 rings (SSSR count). The van der Waals surface area contributed by atoms with Crippen LogP contribution in [0.15, 0.2) is 84.9 Å². The molecule has 0 spiro atoms. The average Bonchev–Trinajstić information content (AvgIpc) is 2.78. The fourth-order valence-corrected chi connectivity index (χ4v) is 5.01. The fourth-order valence-electron chi connectivity index (χ4n) is 5.01. The second-order valence-electron chi connectivity index (χ2n) is 8.24. The Kier molecular flexibility index (Phi) is 3.99. The molecule has 0 heterocycles. The zero-order chi connectivity index (χ0) is 20.2. The maximum absolute atomic E-state index is 2.42. The summed E-state index contributed by atoms with van der Waals surface area (Å²) in [6, 6.07) is 31.5. The summed E-state index contributed by atoms with van der Waals surface area (Å²) in [6.07, 6.45) is 0. The molecule has 0 amide bonds. The number of hydrogen-bond acceptors (Lipinski definition) is 0. The minimum atomic E-state index is -0.0317. The highest BCUT2D eigenvalue weighted by Crippen LogP contribution is 2.50. The summed E-state index contributed by atoms with van der Waals surface area (Å²) in [5.41, 5.74) is 5.59. The second-order valence-corrected chi connectivity index (χ2v) is 8.24. The topological polar surface area (TPSA) is 0 Å². The van der Waals surface area contributed by atoms with Gasteiger partial charge in [0.1, 0.15) is 0 Å². The molecule has 29 heavy (non-hydrogen) atoms. The first-order valence-corrected chi connectivity index (χ1v) is 10.6. The lowest BCUT2D eigenvalue weighted by Gasteiger charge is -2.36. The molecule has 0 heteroatoms.